The van der Waals surface area contributed by atoms with Crippen LogP contribution in [0.1, 0.15) is 36.1 Å². The molecule has 0 saturated heterocycles. The van der Waals surface area contributed by atoms with Gasteiger partial charge in [-0.1, -0.05) is 26.0 Å². The summed E-state index contributed by atoms with van der Waals surface area (Å²) in [4.78, 5) is 0. The summed E-state index contributed by atoms with van der Waals surface area (Å²) in [5.74, 6) is 0. The van der Waals surface area contributed by atoms with E-state index in [1.807, 2.05) is 0 Å². The summed E-state index contributed by atoms with van der Waals surface area (Å²) >= 11 is 0. The Hall–Kier alpha value is -2.38. The first-order valence-corrected chi connectivity index (χ1v) is 7.19. The highest BCUT2D eigenvalue weighted by Crippen LogP contribution is 2.41. The second-order valence-electron chi connectivity index (χ2n) is 6.22. The Morgan fingerprint density at radius 2 is 0.960 bits per heavy atom. The van der Waals surface area contributed by atoms with Crippen LogP contribution in [0.4, 0.5) is 37.7 Å². The van der Waals surface area contributed by atoms with E-state index >= 15 is 0 Å². The predicted octanol–water partition coefficient (Wildman–Crippen LogP) is 5.21. The fraction of sp³-hybridized carbons (Fsp3) is 0.294. The molecule has 0 radical (unpaired) electrons. The van der Waals surface area contributed by atoms with Crippen LogP contribution >= 0.6 is 0 Å². The van der Waals surface area contributed by atoms with Crippen molar-refractivity contribution in [3.05, 3.63) is 58.7 Å². The minimum absolute atomic E-state index is 0.187. The number of benzene rings is 2. The Bertz CT molecular complexity index is 725. The standard InChI is InChI=1S/C17H16F6N2/c1-15(2,9-3-5-13(24)11(7-9)16(18,19)20)10-4-6-14(25)12(8-10)17(21,22)23/h3-8H,24-25H2,1-2H3. The van der Waals surface area contributed by atoms with Crippen molar-refractivity contribution in [3.8, 4) is 0 Å². The van der Waals surface area contributed by atoms with E-state index in [4.69, 9.17) is 11.5 Å². The molecule has 0 bridgehead atoms. The van der Waals surface area contributed by atoms with E-state index in [2.05, 4.69) is 0 Å². The van der Waals surface area contributed by atoms with Crippen molar-refractivity contribution in [1.29, 1.82) is 0 Å². The Labute approximate surface area is 140 Å². The highest BCUT2D eigenvalue weighted by Gasteiger charge is 2.37. The molecule has 2 nitrogen and oxygen atoms in total. The van der Waals surface area contributed by atoms with Crippen molar-refractivity contribution in [1.82, 2.24) is 0 Å². The number of alkyl halides is 6. The van der Waals surface area contributed by atoms with Crippen molar-refractivity contribution in [2.75, 3.05) is 11.5 Å². The van der Waals surface area contributed by atoms with Crippen molar-refractivity contribution >= 4 is 11.4 Å². The zero-order chi connectivity index (χ0) is 19.2. The van der Waals surface area contributed by atoms with Crippen molar-refractivity contribution in [2.24, 2.45) is 0 Å². The maximum Gasteiger partial charge on any atom is 0.418 e. The molecular weight excluding hydrogens is 346 g/mol. The molecule has 0 atom stereocenters. The van der Waals surface area contributed by atoms with Crippen LogP contribution in [0.15, 0.2) is 36.4 Å². The molecule has 4 N–H and O–H groups in total. The first kappa shape index (κ1) is 19.0. The third-order valence-corrected chi connectivity index (χ3v) is 4.16. The monoisotopic (exact) mass is 362 g/mol. The van der Waals surface area contributed by atoms with E-state index in [0.717, 1.165) is 24.3 Å². The molecule has 0 aliphatic carbocycles. The lowest BCUT2D eigenvalue weighted by Gasteiger charge is -2.28. The first-order valence-electron chi connectivity index (χ1n) is 7.19. The van der Waals surface area contributed by atoms with E-state index in [9.17, 15) is 26.3 Å². The third-order valence-electron chi connectivity index (χ3n) is 4.16. The molecular formula is C17H16F6N2. The van der Waals surface area contributed by atoms with Crippen molar-refractivity contribution in [3.63, 3.8) is 0 Å². The summed E-state index contributed by atoms with van der Waals surface area (Å²) in [5.41, 5.74) is 7.06. The fourth-order valence-electron chi connectivity index (χ4n) is 2.55. The molecule has 0 heterocycles. The van der Waals surface area contributed by atoms with Crippen LogP contribution in [-0.4, -0.2) is 0 Å². The van der Waals surface area contributed by atoms with Crippen LogP contribution in [-0.2, 0) is 17.8 Å². The lowest BCUT2D eigenvalue weighted by Crippen LogP contribution is -2.22. The zero-order valence-electron chi connectivity index (χ0n) is 13.4. The van der Waals surface area contributed by atoms with Crippen molar-refractivity contribution in [2.45, 2.75) is 31.6 Å². The minimum Gasteiger partial charge on any atom is -0.398 e. The van der Waals surface area contributed by atoms with Crippen LogP contribution < -0.4 is 11.5 Å². The summed E-state index contributed by atoms with van der Waals surface area (Å²) in [7, 11) is 0. The van der Waals surface area contributed by atoms with E-state index in [0.29, 0.717) is 0 Å². The Morgan fingerprint density at radius 3 is 1.24 bits per heavy atom. The molecule has 0 amide bonds. The van der Waals surface area contributed by atoms with Gasteiger partial charge in [-0.2, -0.15) is 26.3 Å². The van der Waals surface area contributed by atoms with Crippen LogP contribution in [0, 0.1) is 0 Å². The van der Waals surface area contributed by atoms with Crippen LogP contribution in [0.25, 0.3) is 0 Å². The lowest BCUT2D eigenvalue weighted by molar-refractivity contribution is -0.137. The minimum atomic E-state index is -4.66. The van der Waals surface area contributed by atoms with E-state index in [-0.39, 0.29) is 11.1 Å². The molecule has 0 saturated carbocycles. The highest BCUT2D eigenvalue weighted by molar-refractivity contribution is 5.56. The molecule has 2 aromatic rings. The van der Waals surface area contributed by atoms with Gasteiger partial charge in [-0.25, -0.2) is 0 Å². The largest absolute Gasteiger partial charge is 0.418 e. The predicted molar refractivity (Wildman–Crippen MR) is 83.8 cm³/mol. The molecule has 2 aromatic carbocycles. The summed E-state index contributed by atoms with van der Waals surface area (Å²) in [6.07, 6.45) is -9.32. The molecule has 8 heteroatoms. The molecule has 136 valence electrons. The second-order valence-corrected chi connectivity index (χ2v) is 6.22. The van der Waals surface area contributed by atoms with Gasteiger partial charge in [-0.05, 0) is 35.4 Å². The smallest absolute Gasteiger partial charge is 0.398 e. The summed E-state index contributed by atoms with van der Waals surface area (Å²) in [5, 5.41) is 0. The highest BCUT2D eigenvalue weighted by atomic mass is 19.4. The number of rotatable bonds is 2. The maximum absolute atomic E-state index is 13.0. The zero-order valence-corrected chi connectivity index (χ0v) is 13.4. The third kappa shape index (κ3) is 3.67. The number of hydrogen-bond acceptors (Lipinski definition) is 2. The molecule has 25 heavy (non-hydrogen) atoms. The van der Waals surface area contributed by atoms with E-state index in [1.54, 1.807) is 0 Å². The lowest BCUT2D eigenvalue weighted by atomic mass is 9.77. The molecule has 0 spiro atoms. The van der Waals surface area contributed by atoms with Gasteiger partial charge >= 0.3 is 12.4 Å². The average Bonchev–Trinajstić information content (AvgIpc) is 2.45. The molecule has 0 fully saturated rings. The van der Waals surface area contributed by atoms with Crippen LogP contribution in [0.2, 0.25) is 0 Å². The summed E-state index contributed by atoms with van der Waals surface area (Å²) in [6.45, 7) is 3.06. The Kier molecular flexibility index (Phi) is 4.44. The molecule has 0 aliphatic heterocycles. The topological polar surface area (TPSA) is 52.0 Å². The normalized spacial score (nSPS) is 13.1. The number of hydrogen-bond donors (Lipinski definition) is 2. The van der Waals surface area contributed by atoms with Gasteiger partial charge in [0.15, 0.2) is 0 Å². The average molecular weight is 362 g/mol. The Balaban J connectivity index is 2.60. The molecule has 0 aliphatic rings. The van der Waals surface area contributed by atoms with Gasteiger partial charge in [0, 0.05) is 16.8 Å². The van der Waals surface area contributed by atoms with Gasteiger partial charge in [-0.3, -0.25) is 0 Å². The van der Waals surface area contributed by atoms with Gasteiger partial charge in [0.1, 0.15) is 0 Å². The number of nitrogen functional groups attached to an aromatic ring is 2. The van der Waals surface area contributed by atoms with Crippen molar-refractivity contribution < 1.29 is 26.3 Å². The second kappa shape index (κ2) is 5.86. The molecule has 0 aromatic heterocycles. The maximum atomic E-state index is 13.0. The van der Waals surface area contributed by atoms with Crippen LogP contribution in [0.5, 0.6) is 0 Å². The molecule has 2 rings (SSSR count). The number of nitrogens with two attached hydrogens (primary N) is 2. The quantitative estimate of drug-likeness (QED) is 0.569. The van der Waals surface area contributed by atoms with Gasteiger partial charge in [-0.15, -0.1) is 0 Å². The summed E-state index contributed by atoms with van der Waals surface area (Å²) in [6, 6.07) is 6.66. The summed E-state index contributed by atoms with van der Waals surface area (Å²) < 4.78 is 78.3. The van der Waals surface area contributed by atoms with Gasteiger partial charge in [0.25, 0.3) is 0 Å². The number of anilines is 2. The fourth-order valence-corrected chi connectivity index (χ4v) is 2.55. The van der Waals surface area contributed by atoms with Gasteiger partial charge in [0.05, 0.1) is 11.1 Å². The first-order chi connectivity index (χ1) is 11.2. The van der Waals surface area contributed by atoms with Gasteiger partial charge in [0.2, 0.25) is 0 Å². The Morgan fingerprint density at radius 1 is 0.640 bits per heavy atom. The van der Waals surface area contributed by atoms with Crippen LogP contribution in [0.3, 0.4) is 0 Å². The van der Waals surface area contributed by atoms with Gasteiger partial charge < -0.3 is 11.5 Å². The van der Waals surface area contributed by atoms with E-state index < -0.39 is 40.3 Å². The molecule has 0 unspecified atom stereocenters. The SMILES string of the molecule is CC(C)(c1ccc(N)c(C(F)(F)F)c1)c1ccc(N)c(C(F)(F)F)c1. The number of halogens is 6. The van der Waals surface area contributed by atoms with E-state index in [1.165, 1.54) is 26.0 Å².